The van der Waals surface area contributed by atoms with Gasteiger partial charge < -0.3 is 9.64 Å². The number of carbonyl (C=O) groups excluding carboxylic acids is 1. The van der Waals surface area contributed by atoms with Crippen molar-refractivity contribution in [2.24, 2.45) is 0 Å². The van der Waals surface area contributed by atoms with Crippen molar-refractivity contribution >= 4 is 5.91 Å². The fourth-order valence-electron chi connectivity index (χ4n) is 2.52. The van der Waals surface area contributed by atoms with Crippen LogP contribution in [0, 0.1) is 0 Å². The third kappa shape index (κ3) is 3.55. The zero-order chi connectivity index (χ0) is 13.7. The van der Waals surface area contributed by atoms with Crippen molar-refractivity contribution in [3.8, 4) is 0 Å². The average molecular weight is 262 g/mol. The molecule has 104 valence electrons. The molecule has 0 saturated carbocycles. The Morgan fingerprint density at radius 3 is 2.74 bits per heavy atom. The van der Waals surface area contributed by atoms with Crippen LogP contribution in [0.25, 0.3) is 0 Å². The Bertz CT molecular complexity index is 408. The lowest BCUT2D eigenvalue weighted by Crippen LogP contribution is -2.35. The summed E-state index contributed by atoms with van der Waals surface area (Å²) in [4.78, 5) is 14.2. The normalized spacial score (nSPS) is 23.1. The Balaban J connectivity index is 1.92. The van der Waals surface area contributed by atoms with E-state index in [1.165, 1.54) is 5.56 Å². The fraction of sp³-hybridized carbons (Fsp3) is 0.533. The largest absolute Gasteiger partial charge is 0.385 e. The van der Waals surface area contributed by atoms with Gasteiger partial charge in [-0.2, -0.15) is 0 Å². The summed E-state index contributed by atoms with van der Waals surface area (Å²) in [5.74, 6) is 0.201. The van der Waals surface area contributed by atoms with E-state index in [4.69, 9.17) is 4.74 Å². The second kappa shape index (κ2) is 6.68. The van der Waals surface area contributed by atoms with Gasteiger partial charge in [-0.1, -0.05) is 30.3 Å². The molecule has 1 saturated heterocycles. The number of nitrogens with one attached hydrogen (secondary N) is 1. The number of ether oxygens (including phenoxy) is 1. The van der Waals surface area contributed by atoms with Gasteiger partial charge in [-0.15, -0.1) is 0 Å². The lowest BCUT2D eigenvalue weighted by Gasteiger charge is -2.20. The minimum absolute atomic E-state index is 0.0973. The van der Waals surface area contributed by atoms with E-state index in [1.54, 1.807) is 7.11 Å². The van der Waals surface area contributed by atoms with Crippen molar-refractivity contribution in [3.63, 3.8) is 0 Å². The van der Waals surface area contributed by atoms with E-state index in [9.17, 15) is 4.79 Å². The molecular weight excluding hydrogens is 240 g/mol. The minimum Gasteiger partial charge on any atom is -0.385 e. The molecule has 1 aliphatic heterocycles. The molecule has 2 unspecified atom stereocenters. The first-order valence-electron chi connectivity index (χ1n) is 6.81. The van der Waals surface area contributed by atoms with E-state index >= 15 is 0 Å². The first-order chi connectivity index (χ1) is 9.22. The van der Waals surface area contributed by atoms with Crippen LogP contribution in [0.15, 0.2) is 30.3 Å². The maximum atomic E-state index is 12.3. The van der Waals surface area contributed by atoms with E-state index in [0.717, 1.165) is 19.4 Å². The Kier molecular flexibility index (Phi) is 4.93. The quantitative estimate of drug-likeness (QED) is 0.788. The summed E-state index contributed by atoms with van der Waals surface area (Å²) in [6, 6.07) is 10.0. The maximum Gasteiger partial charge on any atom is 0.241 e. The maximum absolute atomic E-state index is 12.3. The summed E-state index contributed by atoms with van der Waals surface area (Å²) >= 11 is 0. The summed E-state index contributed by atoms with van der Waals surface area (Å²) in [6.07, 6.45) is 1.75. The SMILES string of the molecule is COCCCN1C(=O)C(Cc2ccccc2)NC1C. The molecule has 1 aromatic carbocycles. The van der Waals surface area contributed by atoms with Gasteiger partial charge >= 0.3 is 0 Å². The van der Waals surface area contributed by atoms with Crippen LogP contribution in [0.2, 0.25) is 0 Å². The number of benzene rings is 1. The van der Waals surface area contributed by atoms with Crippen molar-refractivity contribution in [2.75, 3.05) is 20.3 Å². The first-order valence-corrected chi connectivity index (χ1v) is 6.81. The third-order valence-electron chi connectivity index (χ3n) is 3.52. The zero-order valence-electron chi connectivity index (χ0n) is 11.6. The second-order valence-corrected chi connectivity index (χ2v) is 4.96. The Hall–Kier alpha value is -1.39. The van der Waals surface area contributed by atoms with Crippen LogP contribution in [-0.4, -0.2) is 43.3 Å². The van der Waals surface area contributed by atoms with Gasteiger partial charge in [-0.25, -0.2) is 0 Å². The van der Waals surface area contributed by atoms with Gasteiger partial charge in [0.15, 0.2) is 0 Å². The molecule has 0 bridgehead atoms. The fourth-order valence-corrected chi connectivity index (χ4v) is 2.52. The molecule has 1 fully saturated rings. The Labute approximate surface area is 114 Å². The van der Waals surface area contributed by atoms with E-state index in [0.29, 0.717) is 6.61 Å². The molecule has 2 rings (SSSR count). The average Bonchev–Trinajstić information content (AvgIpc) is 2.68. The highest BCUT2D eigenvalue weighted by Crippen LogP contribution is 2.15. The molecule has 1 amide bonds. The standard InChI is InChI=1S/C15H22N2O2/c1-12-16-14(11-13-7-4-3-5-8-13)15(18)17(12)9-6-10-19-2/h3-5,7-8,12,14,16H,6,9-11H2,1-2H3. The lowest BCUT2D eigenvalue weighted by molar-refractivity contribution is -0.130. The van der Waals surface area contributed by atoms with Gasteiger partial charge in [0, 0.05) is 20.3 Å². The van der Waals surface area contributed by atoms with Crippen LogP contribution >= 0.6 is 0 Å². The number of hydrogen-bond acceptors (Lipinski definition) is 3. The highest BCUT2D eigenvalue weighted by Gasteiger charge is 2.35. The zero-order valence-corrected chi connectivity index (χ0v) is 11.6. The predicted molar refractivity (Wildman–Crippen MR) is 74.7 cm³/mol. The molecular formula is C15H22N2O2. The van der Waals surface area contributed by atoms with Gasteiger partial charge in [0.05, 0.1) is 12.2 Å². The molecule has 1 heterocycles. The smallest absolute Gasteiger partial charge is 0.241 e. The summed E-state index contributed by atoms with van der Waals surface area (Å²) in [6.45, 7) is 3.49. The Morgan fingerprint density at radius 2 is 2.05 bits per heavy atom. The predicted octanol–water partition coefficient (Wildman–Crippen LogP) is 1.41. The van der Waals surface area contributed by atoms with E-state index in [1.807, 2.05) is 30.0 Å². The van der Waals surface area contributed by atoms with Gasteiger partial charge in [0.25, 0.3) is 0 Å². The second-order valence-electron chi connectivity index (χ2n) is 4.96. The van der Waals surface area contributed by atoms with Crippen LogP contribution in [0.1, 0.15) is 18.9 Å². The molecule has 0 spiro atoms. The summed E-state index contributed by atoms with van der Waals surface area (Å²) < 4.78 is 5.04. The van der Waals surface area contributed by atoms with Crippen LogP contribution in [-0.2, 0) is 16.0 Å². The summed E-state index contributed by atoms with van der Waals surface area (Å²) in [5.41, 5.74) is 1.19. The molecule has 0 aliphatic carbocycles. The molecule has 4 heteroatoms. The van der Waals surface area contributed by atoms with Crippen molar-refractivity contribution < 1.29 is 9.53 Å². The van der Waals surface area contributed by atoms with Crippen LogP contribution < -0.4 is 5.32 Å². The lowest BCUT2D eigenvalue weighted by atomic mass is 10.1. The van der Waals surface area contributed by atoms with Crippen LogP contribution in [0.5, 0.6) is 0 Å². The molecule has 1 aliphatic rings. The molecule has 1 aromatic rings. The molecule has 19 heavy (non-hydrogen) atoms. The van der Waals surface area contributed by atoms with Crippen molar-refractivity contribution in [3.05, 3.63) is 35.9 Å². The van der Waals surface area contributed by atoms with Crippen LogP contribution in [0.3, 0.4) is 0 Å². The molecule has 0 aromatic heterocycles. The van der Waals surface area contributed by atoms with Gasteiger partial charge in [0.1, 0.15) is 0 Å². The van der Waals surface area contributed by atoms with E-state index < -0.39 is 0 Å². The van der Waals surface area contributed by atoms with Gasteiger partial charge in [0.2, 0.25) is 5.91 Å². The van der Waals surface area contributed by atoms with Crippen molar-refractivity contribution in [1.29, 1.82) is 0 Å². The van der Waals surface area contributed by atoms with Crippen molar-refractivity contribution in [2.45, 2.75) is 32.0 Å². The minimum atomic E-state index is -0.0973. The molecule has 0 radical (unpaired) electrons. The Morgan fingerprint density at radius 1 is 1.32 bits per heavy atom. The highest BCUT2D eigenvalue weighted by molar-refractivity contribution is 5.84. The molecule has 2 atom stereocenters. The first kappa shape index (κ1) is 14.0. The third-order valence-corrected chi connectivity index (χ3v) is 3.52. The summed E-state index contributed by atoms with van der Waals surface area (Å²) in [5, 5.41) is 3.36. The number of nitrogens with zero attached hydrogens (tertiary/aromatic N) is 1. The molecule has 4 nitrogen and oxygen atoms in total. The van der Waals surface area contributed by atoms with Gasteiger partial charge in [-0.05, 0) is 25.3 Å². The number of rotatable bonds is 6. The van der Waals surface area contributed by atoms with Gasteiger partial charge in [-0.3, -0.25) is 10.1 Å². The number of hydrogen-bond donors (Lipinski definition) is 1. The number of carbonyl (C=O) groups is 1. The van der Waals surface area contributed by atoms with E-state index in [2.05, 4.69) is 17.4 Å². The van der Waals surface area contributed by atoms with Crippen molar-refractivity contribution in [1.82, 2.24) is 10.2 Å². The topological polar surface area (TPSA) is 41.6 Å². The summed E-state index contributed by atoms with van der Waals surface area (Å²) in [7, 11) is 1.69. The van der Waals surface area contributed by atoms with Crippen LogP contribution in [0.4, 0.5) is 0 Å². The highest BCUT2D eigenvalue weighted by atomic mass is 16.5. The van der Waals surface area contributed by atoms with E-state index in [-0.39, 0.29) is 18.1 Å². The monoisotopic (exact) mass is 262 g/mol. The number of amides is 1. The molecule has 1 N–H and O–H groups in total. The number of methoxy groups -OCH3 is 1.